The van der Waals surface area contributed by atoms with Crippen LogP contribution in [0.15, 0.2) is 30.3 Å². The van der Waals surface area contributed by atoms with Crippen LogP contribution in [0, 0.1) is 5.41 Å². The number of ketones is 1. The van der Waals surface area contributed by atoms with Gasteiger partial charge in [0.05, 0.1) is 0 Å². The van der Waals surface area contributed by atoms with E-state index in [-0.39, 0.29) is 5.78 Å². The van der Waals surface area contributed by atoms with Crippen molar-refractivity contribution in [2.75, 3.05) is 0 Å². The first-order valence-electron chi connectivity index (χ1n) is 5.32. The third-order valence-corrected chi connectivity index (χ3v) is 1.58. The Morgan fingerprint density at radius 2 is 1.47 bits per heavy atom. The highest BCUT2D eigenvalue weighted by atomic mass is 16.1. The summed E-state index contributed by atoms with van der Waals surface area (Å²) < 4.78 is 0. The van der Waals surface area contributed by atoms with Crippen LogP contribution in [0.5, 0.6) is 0 Å². The van der Waals surface area contributed by atoms with Gasteiger partial charge in [-0.1, -0.05) is 51.1 Å². The van der Waals surface area contributed by atoms with Crippen LogP contribution in [0.4, 0.5) is 0 Å². The lowest BCUT2D eigenvalue weighted by molar-refractivity contribution is -0.114. The van der Waals surface area contributed by atoms with E-state index in [1.807, 2.05) is 0 Å². The van der Waals surface area contributed by atoms with Gasteiger partial charge in [0.25, 0.3) is 0 Å². The summed E-state index contributed by atoms with van der Waals surface area (Å²) in [7, 11) is 0. The average molecular weight is 206 g/mol. The van der Waals surface area contributed by atoms with Crippen LogP contribution in [0.3, 0.4) is 0 Å². The van der Waals surface area contributed by atoms with Gasteiger partial charge in [0.2, 0.25) is 0 Å². The van der Waals surface area contributed by atoms with Crippen LogP contribution < -0.4 is 0 Å². The maximum Gasteiger partial charge on any atom is 0.126 e. The Morgan fingerprint density at radius 3 is 1.80 bits per heavy atom. The molecule has 1 rings (SSSR count). The highest BCUT2D eigenvalue weighted by Crippen LogP contribution is 2.19. The second kappa shape index (κ2) is 6.39. The van der Waals surface area contributed by atoms with Crippen molar-refractivity contribution in [2.45, 2.75) is 41.0 Å². The van der Waals surface area contributed by atoms with E-state index in [1.54, 1.807) is 0 Å². The summed E-state index contributed by atoms with van der Waals surface area (Å²) >= 11 is 0. The van der Waals surface area contributed by atoms with Crippen molar-refractivity contribution in [1.82, 2.24) is 0 Å². The minimum Gasteiger partial charge on any atom is -0.300 e. The van der Waals surface area contributed by atoms with E-state index in [4.69, 9.17) is 0 Å². The van der Waals surface area contributed by atoms with Crippen molar-refractivity contribution in [1.29, 1.82) is 0 Å². The van der Waals surface area contributed by atoms with Gasteiger partial charge >= 0.3 is 0 Å². The van der Waals surface area contributed by atoms with Crippen LogP contribution >= 0.6 is 0 Å². The number of hydrogen-bond donors (Lipinski definition) is 0. The molecule has 0 aliphatic rings. The number of Topliss-reactive ketones (excluding diaryl/α,β-unsaturated/α-hetero) is 1. The highest BCUT2D eigenvalue weighted by molar-refractivity contribution is 5.72. The molecule has 0 aliphatic carbocycles. The molecule has 0 fully saturated rings. The Hall–Kier alpha value is -1.11. The Balaban J connectivity index is 0.000000423. The number of hydrogen-bond acceptors (Lipinski definition) is 1. The molecule has 0 amide bonds. The fourth-order valence-electron chi connectivity index (χ4n) is 1.21. The van der Waals surface area contributed by atoms with Gasteiger partial charge in [0.15, 0.2) is 0 Å². The number of rotatable bonds is 1. The largest absolute Gasteiger partial charge is 0.300 e. The molecular weight excluding hydrogens is 184 g/mol. The van der Waals surface area contributed by atoms with E-state index in [0.29, 0.717) is 5.41 Å². The summed E-state index contributed by atoms with van der Waals surface area (Å²) in [5.74, 6) is 0.167. The van der Waals surface area contributed by atoms with E-state index in [1.165, 1.54) is 19.4 Å². The van der Waals surface area contributed by atoms with Crippen LogP contribution in [0.2, 0.25) is 0 Å². The van der Waals surface area contributed by atoms with Gasteiger partial charge < -0.3 is 4.79 Å². The van der Waals surface area contributed by atoms with Gasteiger partial charge in [-0.25, -0.2) is 0 Å². The summed E-state index contributed by atoms with van der Waals surface area (Å²) in [6.07, 6.45) is 1.16. The summed E-state index contributed by atoms with van der Waals surface area (Å²) in [5.41, 5.74) is 1.83. The van der Waals surface area contributed by atoms with E-state index < -0.39 is 0 Å². The summed E-state index contributed by atoms with van der Waals surface area (Å²) in [4.78, 5) is 9.44. The molecule has 0 bridgehead atoms. The minimum absolute atomic E-state index is 0.167. The van der Waals surface area contributed by atoms with E-state index in [0.717, 1.165) is 6.42 Å². The molecule has 1 heteroatoms. The molecule has 1 aromatic rings. The number of carbonyl (C=O) groups excluding carboxylic acids is 1. The van der Waals surface area contributed by atoms with Crippen molar-refractivity contribution >= 4 is 5.78 Å². The quantitative estimate of drug-likeness (QED) is 0.681. The molecule has 0 spiro atoms. The van der Waals surface area contributed by atoms with Gasteiger partial charge in [-0.05, 0) is 31.2 Å². The van der Waals surface area contributed by atoms with Crippen LogP contribution in [-0.2, 0) is 11.2 Å². The summed E-state index contributed by atoms with van der Waals surface area (Å²) in [6.45, 7) is 9.85. The first-order chi connectivity index (χ1) is 6.81. The van der Waals surface area contributed by atoms with Crippen molar-refractivity contribution in [3.05, 3.63) is 35.9 Å². The topological polar surface area (TPSA) is 17.1 Å². The monoisotopic (exact) mass is 206 g/mol. The van der Waals surface area contributed by atoms with Gasteiger partial charge in [0.1, 0.15) is 5.78 Å². The molecular formula is C14H22O. The van der Waals surface area contributed by atoms with Gasteiger partial charge in [0, 0.05) is 0 Å². The van der Waals surface area contributed by atoms with E-state index in [2.05, 4.69) is 51.1 Å². The Kier molecular flexibility index (Phi) is 5.92. The lowest BCUT2D eigenvalue weighted by Gasteiger charge is -2.17. The Morgan fingerprint density at radius 1 is 1.07 bits per heavy atom. The molecule has 0 saturated heterocycles. The highest BCUT2D eigenvalue weighted by Gasteiger charge is 2.09. The second-order valence-electron chi connectivity index (χ2n) is 5.13. The zero-order chi connectivity index (χ0) is 11.9. The third-order valence-electron chi connectivity index (χ3n) is 1.58. The number of carbonyl (C=O) groups is 1. The predicted octanol–water partition coefficient (Wildman–Crippen LogP) is 3.87. The fraction of sp³-hybridized carbons (Fsp3) is 0.500. The first kappa shape index (κ1) is 13.9. The third kappa shape index (κ3) is 10.8. The standard InChI is InChI=1S/C11H16.C3H6O/c1-11(2,3)9-10-7-5-4-6-8-10;1-3(2)4/h4-8H,9H2,1-3H3;1-2H3. The molecule has 0 N–H and O–H groups in total. The van der Waals surface area contributed by atoms with Crippen molar-refractivity contribution < 1.29 is 4.79 Å². The lowest BCUT2D eigenvalue weighted by atomic mass is 9.88. The first-order valence-corrected chi connectivity index (χ1v) is 5.32. The molecule has 0 aromatic heterocycles. The van der Waals surface area contributed by atoms with Crippen molar-refractivity contribution in [3.63, 3.8) is 0 Å². The average Bonchev–Trinajstić information content (AvgIpc) is 2.01. The Labute approximate surface area is 93.5 Å². The zero-order valence-electron chi connectivity index (χ0n) is 10.5. The molecule has 0 unspecified atom stereocenters. The predicted molar refractivity (Wildman–Crippen MR) is 66.0 cm³/mol. The Bertz CT molecular complexity index is 276. The van der Waals surface area contributed by atoms with Gasteiger partial charge in [-0.15, -0.1) is 0 Å². The molecule has 0 radical (unpaired) electrons. The maximum atomic E-state index is 9.44. The fourth-order valence-corrected chi connectivity index (χ4v) is 1.21. The zero-order valence-corrected chi connectivity index (χ0v) is 10.5. The van der Waals surface area contributed by atoms with E-state index in [9.17, 15) is 4.79 Å². The molecule has 15 heavy (non-hydrogen) atoms. The minimum atomic E-state index is 0.167. The smallest absolute Gasteiger partial charge is 0.126 e. The van der Waals surface area contributed by atoms with E-state index >= 15 is 0 Å². The normalized spacial score (nSPS) is 10.2. The molecule has 0 aliphatic heterocycles. The molecule has 84 valence electrons. The van der Waals surface area contributed by atoms with Gasteiger partial charge in [-0.3, -0.25) is 0 Å². The summed E-state index contributed by atoms with van der Waals surface area (Å²) in [6, 6.07) is 10.6. The van der Waals surface area contributed by atoms with Crippen LogP contribution in [0.1, 0.15) is 40.2 Å². The molecule has 0 heterocycles. The molecule has 1 nitrogen and oxygen atoms in total. The SMILES string of the molecule is CC(C)(C)Cc1ccccc1.CC(C)=O. The number of benzene rings is 1. The van der Waals surface area contributed by atoms with Crippen molar-refractivity contribution in [2.24, 2.45) is 5.41 Å². The maximum absolute atomic E-state index is 9.44. The van der Waals surface area contributed by atoms with Crippen LogP contribution in [-0.4, -0.2) is 5.78 Å². The lowest BCUT2D eigenvalue weighted by Crippen LogP contribution is -2.08. The van der Waals surface area contributed by atoms with Crippen LogP contribution in [0.25, 0.3) is 0 Å². The molecule has 0 saturated carbocycles. The van der Waals surface area contributed by atoms with Crippen molar-refractivity contribution in [3.8, 4) is 0 Å². The summed E-state index contributed by atoms with van der Waals surface area (Å²) in [5, 5.41) is 0. The molecule has 1 aromatic carbocycles. The molecule has 0 atom stereocenters. The van der Waals surface area contributed by atoms with Gasteiger partial charge in [-0.2, -0.15) is 0 Å². The second-order valence-corrected chi connectivity index (χ2v) is 5.13.